The molecule has 0 aromatic heterocycles. The molecular weight excluding hydrogens is 320 g/mol. The molecule has 0 saturated carbocycles. The molecule has 0 unspecified atom stereocenters. The highest BCUT2D eigenvalue weighted by molar-refractivity contribution is 5.85. The molecule has 1 aromatic rings. The van der Waals surface area contributed by atoms with Crippen LogP contribution < -0.4 is 10.6 Å². The van der Waals surface area contributed by atoms with Crippen molar-refractivity contribution in [2.45, 2.75) is 38.3 Å². The lowest BCUT2D eigenvalue weighted by Crippen LogP contribution is -2.52. The van der Waals surface area contributed by atoms with E-state index in [-0.39, 0.29) is 6.61 Å². The number of rotatable bonds is 8. The molecule has 9 nitrogen and oxygen atoms in total. The van der Waals surface area contributed by atoms with Gasteiger partial charge in [0, 0.05) is 0 Å². The maximum absolute atomic E-state index is 11.9. The minimum absolute atomic E-state index is 0.0258. The standard InChI is InChI=1S/C15H20N2O7/c1-9(13(20)17-11(14(21)22)7-12(18)19)16-15(23)24-8-10-5-3-2-4-6-10/h2-6,9,11,14,21-22H,7-8H2,1H3,(H,16,23)(H,17,20)(H,18,19)/t9-,11-/m0/s1. The van der Waals surface area contributed by atoms with E-state index in [1.807, 2.05) is 6.07 Å². The predicted octanol–water partition coefficient (Wildman–Crippen LogP) is -0.428. The highest BCUT2D eigenvalue weighted by Gasteiger charge is 2.25. The first-order valence-electron chi connectivity index (χ1n) is 7.15. The van der Waals surface area contributed by atoms with Crippen molar-refractivity contribution in [2.24, 2.45) is 0 Å². The second-order valence-corrected chi connectivity index (χ2v) is 5.05. The number of alkyl carbamates (subject to hydrolysis) is 1. The Labute approximate surface area is 138 Å². The highest BCUT2D eigenvalue weighted by Crippen LogP contribution is 2.01. The first-order valence-corrected chi connectivity index (χ1v) is 7.15. The Morgan fingerprint density at radius 2 is 1.75 bits per heavy atom. The molecule has 0 radical (unpaired) electrons. The lowest BCUT2D eigenvalue weighted by atomic mass is 10.2. The number of aliphatic hydroxyl groups excluding tert-OH is 1. The van der Waals surface area contributed by atoms with Gasteiger partial charge in [0.1, 0.15) is 12.6 Å². The molecule has 2 atom stereocenters. The first-order chi connectivity index (χ1) is 11.3. The Morgan fingerprint density at radius 3 is 2.29 bits per heavy atom. The Hall–Kier alpha value is -2.65. The van der Waals surface area contributed by atoms with Crippen LogP contribution in [-0.4, -0.2) is 51.7 Å². The van der Waals surface area contributed by atoms with Crippen LogP contribution in [0.5, 0.6) is 0 Å². The third-order valence-electron chi connectivity index (χ3n) is 3.02. The van der Waals surface area contributed by atoms with Crippen LogP contribution in [0.3, 0.4) is 0 Å². The maximum atomic E-state index is 11.9. The van der Waals surface area contributed by atoms with Crippen LogP contribution in [-0.2, 0) is 20.9 Å². The Bertz CT molecular complexity index is 562. The SMILES string of the molecule is C[C@H](NC(=O)OCc1ccccc1)C(=O)N[C@@H](CC(=O)O)C(O)O. The number of carboxylic acid groups (broad SMARTS) is 1. The zero-order chi connectivity index (χ0) is 18.1. The molecule has 0 fully saturated rings. The summed E-state index contributed by atoms with van der Waals surface area (Å²) in [5.74, 6) is -2.08. The molecule has 24 heavy (non-hydrogen) atoms. The quantitative estimate of drug-likeness (QED) is 0.404. The van der Waals surface area contributed by atoms with Gasteiger partial charge >= 0.3 is 12.1 Å². The summed E-state index contributed by atoms with van der Waals surface area (Å²) in [7, 11) is 0. The summed E-state index contributed by atoms with van der Waals surface area (Å²) in [6, 6.07) is 6.48. The fourth-order valence-electron chi connectivity index (χ4n) is 1.73. The van der Waals surface area contributed by atoms with E-state index in [0.29, 0.717) is 0 Å². The number of carbonyl (C=O) groups excluding carboxylic acids is 2. The van der Waals surface area contributed by atoms with Crippen molar-refractivity contribution >= 4 is 18.0 Å². The topological polar surface area (TPSA) is 145 Å². The van der Waals surface area contributed by atoms with E-state index in [9.17, 15) is 14.4 Å². The summed E-state index contributed by atoms with van der Waals surface area (Å²) in [4.78, 5) is 34.1. The number of carboxylic acids is 1. The van der Waals surface area contributed by atoms with Gasteiger partial charge in [0.15, 0.2) is 6.29 Å². The molecule has 0 heterocycles. The van der Waals surface area contributed by atoms with Gasteiger partial charge in [0.25, 0.3) is 0 Å². The molecule has 1 rings (SSSR count). The molecule has 2 amide bonds. The molecule has 0 saturated heterocycles. The number of nitrogens with one attached hydrogen (secondary N) is 2. The molecule has 9 heteroatoms. The normalized spacial score (nSPS) is 13.0. The Balaban J connectivity index is 2.44. The number of aliphatic hydroxyl groups is 2. The van der Waals surface area contributed by atoms with Crippen molar-refractivity contribution in [2.75, 3.05) is 0 Å². The van der Waals surface area contributed by atoms with Gasteiger partial charge in [-0.15, -0.1) is 0 Å². The van der Waals surface area contributed by atoms with Crippen LogP contribution in [0.15, 0.2) is 30.3 Å². The summed E-state index contributed by atoms with van der Waals surface area (Å²) in [5, 5.41) is 31.1. The minimum atomic E-state index is -2.04. The Morgan fingerprint density at radius 1 is 1.12 bits per heavy atom. The van der Waals surface area contributed by atoms with Crippen molar-refractivity contribution in [3.05, 3.63) is 35.9 Å². The fourth-order valence-corrected chi connectivity index (χ4v) is 1.73. The van der Waals surface area contributed by atoms with E-state index in [1.165, 1.54) is 6.92 Å². The van der Waals surface area contributed by atoms with Crippen LogP contribution in [0, 0.1) is 0 Å². The zero-order valence-electron chi connectivity index (χ0n) is 13.0. The second kappa shape index (κ2) is 9.48. The molecule has 0 spiro atoms. The first kappa shape index (κ1) is 19.4. The molecule has 0 aliphatic rings. The van der Waals surface area contributed by atoms with Gasteiger partial charge in [0.2, 0.25) is 5.91 Å². The van der Waals surface area contributed by atoms with E-state index in [4.69, 9.17) is 20.1 Å². The van der Waals surface area contributed by atoms with Crippen LogP contribution >= 0.6 is 0 Å². The van der Waals surface area contributed by atoms with Crippen LogP contribution in [0.1, 0.15) is 18.9 Å². The van der Waals surface area contributed by atoms with Crippen LogP contribution in [0.25, 0.3) is 0 Å². The zero-order valence-corrected chi connectivity index (χ0v) is 13.0. The van der Waals surface area contributed by atoms with Gasteiger partial charge in [-0.2, -0.15) is 0 Å². The third-order valence-corrected chi connectivity index (χ3v) is 3.02. The van der Waals surface area contributed by atoms with E-state index < -0.39 is 42.8 Å². The smallest absolute Gasteiger partial charge is 0.408 e. The van der Waals surface area contributed by atoms with Gasteiger partial charge < -0.3 is 30.7 Å². The molecule has 0 aliphatic heterocycles. The largest absolute Gasteiger partial charge is 0.481 e. The molecule has 1 aromatic carbocycles. The number of ether oxygens (including phenoxy) is 1. The van der Waals surface area contributed by atoms with Gasteiger partial charge in [0.05, 0.1) is 12.5 Å². The van der Waals surface area contributed by atoms with Crippen molar-refractivity contribution in [1.82, 2.24) is 10.6 Å². The molecule has 0 aliphatic carbocycles. The Kier molecular flexibility index (Phi) is 7.66. The fraction of sp³-hybridized carbons (Fsp3) is 0.400. The molecule has 132 valence electrons. The molecular formula is C15H20N2O7. The predicted molar refractivity (Wildman–Crippen MR) is 81.6 cm³/mol. The van der Waals surface area contributed by atoms with Gasteiger partial charge in [-0.25, -0.2) is 4.79 Å². The third kappa shape index (κ3) is 7.07. The summed E-state index contributed by atoms with van der Waals surface area (Å²) >= 11 is 0. The number of amides is 2. The van der Waals surface area contributed by atoms with Gasteiger partial charge in [-0.05, 0) is 12.5 Å². The average Bonchev–Trinajstić information content (AvgIpc) is 2.52. The van der Waals surface area contributed by atoms with Gasteiger partial charge in [-0.1, -0.05) is 30.3 Å². The van der Waals surface area contributed by atoms with E-state index in [1.54, 1.807) is 24.3 Å². The summed E-state index contributed by atoms with van der Waals surface area (Å²) in [6.07, 6.45) is -3.54. The van der Waals surface area contributed by atoms with Crippen molar-refractivity contribution in [3.63, 3.8) is 0 Å². The number of carbonyl (C=O) groups is 3. The number of hydrogen-bond donors (Lipinski definition) is 5. The molecule has 0 bridgehead atoms. The van der Waals surface area contributed by atoms with Crippen molar-refractivity contribution < 1.29 is 34.4 Å². The van der Waals surface area contributed by atoms with Crippen LogP contribution in [0.2, 0.25) is 0 Å². The number of aliphatic carboxylic acids is 1. The molecule has 5 N–H and O–H groups in total. The van der Waals surface area contributed by atoms with Gasteiger partial charge in [-0.3, -0.25) is 9.59 Å². The maximum Gasteiger partial charge on any atom is 0.408 e. The lowest BCUT2D eigenvalue weighted by Gasteiger charge is -2.21. The van der Waals surface area contributed by atoms with E-state index in [2.05, 4.69) is 10.6 Å². The minimum Gasteiger partial charge on any atom is -0.481 e. The van der Waals surface area contributed by atoms with E-state index >= 15 is 0 Å². The van der Waals surface area contributed by atoms with E-state index in [0.717, 1.165) is 5.56 Å². The second-order valence-electron chi connectivity index (χ2n) is 5.05. The summed E-state index contributed by atoms with van der Waals surface area (Å²) in [5.41, 5.74) is 0.773. The van der Waals surface area contributed by atoms with Crippen molar-refractivity contribution in [3.8, 4) is 0 Å². The van der Waals surface area contributed by atoms with Crippen molar-refractivity contribution in [1.29, 1.82) is 0 Å². The number of benzene rings is 1. The lowest BCUT2D eigenvalue weighted by molar-refractivity contribution is -0.143. The number of hydrogen-bond acceptors (Lipinski definition) is 6. The summed E-state index contributed by atoms with van der Waals surface area (Å²) < 4.78 is 4.94. The average molecular weight is 340 g/mol. The van der Waals surface area contributed by atoms with Crippen LogP contribution in [0.4, 0.5) is 4.79 Å². The monoisotopic (exact) mass is 340 g/mol. The summed E-state index contributed by atoms with van der Waals surface area (Å²) in [6.45, 7) is 1.37. The highest BCUT2D eigenvalue weighted by atomic mass is 16.5.